The van der Waals surface area contributed by atoms with Crippen LogP contribution in [0.3, 0.4) is 0 Å². The number of aromatic nitrogens is 3. The Morgan fingerprint density at radius 1 is 0.209 bits per heavy atom. The molecule has 0 atom stereocenters. The maximum atomic E-state index is 5.54. The number of hydrogen-bond acceptors (Lipinski definition) is 3. The fraction of sp³-hybridized carbons (Fsp3) is 0.0156. The first-order valence-electron chi connectivity index (χ1n) is 22.9. The van der Waals surface area contributed by atoms with Crippen LogP contribution in [0.25, 0.3) is 101 Å². The summed E-state index contributed by atoms with van der Waals surface area (Å²) in [7, 11) is 0. The highest BCUT2D eigenvalue weighted by molar-refractivity contribution is 6.00. The van der Waals surface area contributed by atoms with E-state index in [2.05, 4.69) is 249 Å². The van der Waals surface area contributed by atoms with Crippen molar-refractivity contribution in [1.82, 2.24) is 15.0 Å². The van der Waals surface area contributed by atoms with Gasteiger partial charge in [-0.2, -0.15) is 0 Å². The molecule has 3 heteroatoms. The smallest absolute Gasteiger partial charge is 0.164 e. The van der Waals surface area contributed by atoms with Gasteiger partial charge in [0.2, 0.25) is 0 Å². The first kappa shape index (κ1) is 38.6. The monoisotopic (exact) mass is 851 g/mol. The lowest BCUT2D eigenvalue weighted by Crippen LogP contribution is -2.29. The van der Waals surface area contributed by atoms with Crippen LogP contribution < -0.4 is 0 Å². The molecule has 11 aromatic rings. The summed E-state index contributed by atoms with van der Waals surface area (Å²) in [5, 5.41) is 0. The Balaban J connectivity index is 1.08. The lowest BCUT2D eigenvalue weighted by atomic mass is 9.66. The van der Waals surface area contributed by atoms with E-state index < -0.39 is 5.41 Å². The summed E-state index contributed by atoms with van der Waals surface area (Å²) in [6.45, 7) is 0. The Hall–Kier alpha value is -8.79. The molecule has 0 fully saturated rings. The van der Waals surface area contributed by atoms with Crippen LogP contribution in [0, 0.1) is 0 Å². The molecule has 0 aliphatic heterocycles. The molecule has 13 rings (SSSR count). The highest BCUT2D eigenvalue weighted by Gasteiger charge is 2.50. The van der Waals surface area contributed by atoms with Gasteiger partial charge in [0.1, 0.15) is 0 Å². The van der Waals surface area contributed by atoms with Gasteiger partial charge in [0.25, 0.3) is 0 Å². The van der Waals surface area contributed by atoms with E-state index in [-0.39, 0.29) is 0 Å². The molecular weight excluding hydrogens is 811 g/mol. The zero-order valence-corrected chi connectivity index (χ0v) is 36.5. The van der Waals surface area contributed by atoms with E-state index >= 15 is 0 Å². The van der Waals surface area contributed by atoms with Crippen molar-refractivity contribution in [1.29, 1.82) is 0 Å². The summed E-state index contributed by atoms with van der Waals surface area (Å²) in [6, 6.07) is 89.5. The number of rotatable bonds is 6. The van der Waals surface area contributed by atoms with Gasteiger partial charge in [-0.15, -0.1) is 0 Å². The molecule has 0 N–H and O–H groups in total. The Morgan fingerprint density at radius 2 is 0.552 bits per heavy atom. The van der Waals surface area contributed by atoms with Gasteiger partial charge in [-0.05, 0) is 107 Å². The summed E-state index contributed by atoms with van der Waals surface area (Å²) >= 11 is 0. The van der Waals surface area contributed by atoms with Crippen molar-refractivity contribution in [3.63, 3.8) is 0 Å². The minimum Gasteiger partial charge on any atom is -0.208 e. The molecule has 0 saturated heterocycles. The van der Waals surface area contributed by atoms with Crippen LogP contribution >= 0.6 is 0 Å². The minimum atomic E-state index is -0.630. The SMILES string of the molecule is c1ccc(-c2ccc(-c3nc(-c4cc(-c5ccccc5)cc(-c5ccccc5)c4)nc(-c4cccc5c4-c4ccccc4C54c5ccccc5-c5ccccc5-c5ccccc54)n3)cc2)cc1. The summed E-state index contributed by atoms with van der Waals surface area (Å²) in [6.07, 6.45) is 0. The second kappa shape index (κ2) is 15.7. The molecule has 2 aliphatic rings. The van der Waals surface area contributed by atoms with Gasteiger partial charge in [-0.25, -0.2) is 15.0 Å². The van der Waals surface area contributed by atoms with Crippen LogP contribution in [0.2, 0.25) is 0 Å². The van der Waals surface area contributed by atoms with E-state index in [1.807, 2.05) is 0 Å². The largest absolute Gasteiger partial charge is 0.208 e. The first-order chi connectivity index (χ1) is 33.2. The predicted molar refractivity (Wildman–Crippen MR) is 274 cm³/mol. The molecule has 3 nitrogen and oxygen atoms in total. The highest BCUT2D eigenvalue weighted by atomic mass is 15.0. The maximum absolute atomic E-state index is 5.54. The number of hydrogen-bond donors (Lipinski definition) is 0. The number of fused-ring (bicyclic) bond motifs is 12. The van der Waals surface area contributed by atoms with E-state index in [1.54, 1.807) is 0 Å². The van der Waals surface area contributed by atoms with Crippen LogP contribution in [0.4, 0.5) is 0 Å². The van der Waals surface area contributed by atoms with E-state index in [4.69, 9.17) is 15.0 Å². The fourth-order valence-corrected chi connectivity index (χ4v) is 10.8. The zero-order chi connectivity index (χ0) is 44.3. The normalized spacial score (nSPS) is 12.6. The summed E-state index contributed by atoms with van der Waals surface area (Å²) in [5.41, 5.74) is 21.2. The molecule has 0 radical (unpaired) electrons. The average molecular weight is 852 g/mol. The van der Waals surface area contributed by atoms with Gasteiger partial charge in [-0.3, -0.25) is 0 Å². The molecule has 1 heterocycles. The van der Waals surface area contributed by atoms with Crippen molar-refractivity contribution >= 4 is 0 Å². The van der Waals surface area contributed by atoms with E-state index in [1.165, 1.54) is 50.1 Å². The average Bonchev–Trinajstić information content (AvgIpc) is 3.66. The molecule has 67 heavy (non-hydrogen) atoms. The van der Waals surface area contributed by atoms with Crippen molar-refractivity contribution < 1.29 is 0 Å². The molecule has 312 valence electrons. The minimum absolute atomic E-state index is 0.612. The van der Waals surface area contributed by atoms with E-state index in [0.29, 0.717) is 17.5 Å². The second-order valence-electron chi connectivity index (χ2n) is 17.4. The van der Waals surface area contributed by atoms with E-state index in [0.717, 1.165) is 55.6 Å². The summed E-state index contributed by atoms with van der Waals surface area (Å²) < 4.78 is 0. The zero-order valence-electron chi connectivity index (χ0n) is 36.5. The Labute approximate surface area is 390 Å². The highest BCUT2D eigenvalue weighted by Crippen LogP contribution is 2.62. The fourth-order valence-electron chi connectivity index (χ4n) is 10.8. The lowest BCUT2D eigenvalue weighted by molar-refractivity contribution is 0.775. The third-order valence-electron chi connectivity index (χ3n) is 13.8. The van der Waals surface area contributed by atoms with Crippen LogP contribution in [-0.4, -0.2) is 15.0 Å². The van der Waals surface area contributed by atoms with Gasteiger partial charge < -0.3 is 0 Å². The Morgan fingerprint density at radius 3 is 1.09 bits per heavy atom. The van der Waals surface area contributed by atoms with Gasteiger partial charge in [0.05, 0.1) is 5.41 Å². The molecule has 2 aliphatic carbocycles. The van der Waals surface area contributed by atoms with Gasteiger partial charge in [0.15, 0.2) is 17.5 Å². The Kier molecular flexibility index (Phi) is 9.07. The second-order valence-corrected chi connectivity index (χ2v) is 17.4. The molecule has 1 spiro atoms. The van der Waals surface area contributed by atoms with Gasteiger partial charge in [0, 0.05) is 16.7 Å². The molecular formula is C64H41N3. The number of benzene rings is 10. The maximum Gasteiger partial charge on any atom is 0.164 e. The first-order valence-corrected chi connectivity index (χ1v) is 22.9. The predicted octanol–water partition coefficient (Wildman–Crippen LogP) is 15.9. The van der Waals surface area contributed by atoms with Crippen LogP contribution in [0.1, 0.15) is 22.3 Å². The van der Waals surface area contributed by atoms with Crippen molar-refractivity contribution in [3.05, 3.63) is 271 Å². The van der Waals surface area contributed by atoms with Crippen molar-refractivity contribution in [2.24, 2.45) is 0 Å². The molecule has 0 saturated carbocycles. The molecule has 0 amide bonds. The standard InChI is InChI=1S/C64H41N3/c1-4-19-42(20-5-1)45-35-37-46(38-36-45)61-65-62(49-40-47(43-21-6-2-7-22-43)39-48(41-49)44-23-8-3-9-24-44)67-63(66-61)55-30-18-34-59-60(55)54-29-14-17-33-58(54)64(59)56-31-15-12-27-52(56)50-25-10-11-26-51(50)53-28-13-16-32-57(53)64/h1-41H. The van der Waals surface area contributed by atoms with Crippen molar-refractivity contribution in [2.45, 2.75) is 5.41 Å². The molecule has 1 aromatic heterocycles. The van der Waals surface area contributed by atoms with Crippen molar-refractivity contribution in [3.8, 4) is 101 Å². The van der Waals surface area contributed by atoms with Crippen molar-refractivity contribution in [2.75, 3.05) is 0 Å². The molecule has 0 bridgehead atoms. The van der Waals surface area contributed by atoms with Crippen LogP contribution in [0.5, 0.6) is 0 Å². The molecule has 0 unspecified atom stereocenters. The number of nitrogens with zero attached hydrogens (tertiary/aromatic N) is 3. The molecule has 10 aromatic carbocycles. The summed E-state index contributed by atoms with van der Waals surface area (Å²) in [5.74, 6) is 1.85. The quantitative estimate of drug-likeness (QED) is 0.167. The third kappa shape index (κ3) is 6.24. The van der Waals surface area contributed by atoms with Crippen LogP contribution in [-0.2, 0) is 5.41 Å². The van der Waals surface area contributed by atoms with Gasteiger partial charge >= 0.3 is 0 Å². The van der Waals surface area contributed by atoms with Crippen LogP contribution in [0.15, 0.2) is 249 Å². The third-order valence-corrected chi connectivity index (χ3v) is 13.8. The van der Waals surface area contributed by atoms with Gasteiger partial charge in [-0.1, -0.05) is 231 Å². The lowest BCUT2D eigenvalue weighted by Gasteiger charge is -2.35. The topological polar surface area (TPSA) is 38.7 Å². The summed E-state index contributed by atoms with van der Waals surface area (Å²) in [4.78, 5) is 16.4. The Bertz CT molecular complexity index is 3550. The van der Waals surface area contributed by atoms with E-state index in [9.17, 15) is 0 Å².